The van der Waals surface area contributed by atoms with E-state index in [1.807, 2.05) is 12.1 Å². The molecule has 0 aliphatic heterocycles. The minimum atomic E-state index is -0.578. The first-order chi connectivity index (χ1) is 13.1. The van der Waals surface area contributed by atoms with Gasteiger partial charge >= 0.3 is 0 Å². The van der Waals surface area contributed by atoms with Crippen molar-refractivity contribution >= 4 is 29.0 Å². The highest BCUT2D eigenvalue weighted by Gasteiger charge is 2.22. The largest absolute Gasteiger partial charge is 0.495 e. The number of ether oxygens (including phenoxy) is 3. The minimum Gasteiger partial charge on any atom is -0.495 e. The molecule has 0 saturated heterocycles. The van der Waals surface area contributed by atoms with Gasteiger partial charge in [0.1, 0.15) is 5.75 Å². The summed E-state index contributed by atoms with van der Waals surface area (Å²) in [4.78, 5) is 14.8. The van der Waals surface area contributed by atoms with Crippen LogP contribution in [0.25, 0.3) is 22.0 Å². The van der Waals surface area contributed by atoms with Gasteiger partial charge in [0.2, 0.25) is 0 Å². The highest BCUT2D eigenvalue weighted by Crippen LogP contribution is 2.44. The summed E-state index contributed by atoms with van der Waals surface area (Å²) in [6.07, 6.45) is 2.14. The lowest BCUT2D eigenvalue weighted by Gasteiger charge is -2.16. The highest BCUT2D eigenvalue weighted by molar-refractivity contribution is 6.35. The van der Waals surface area contributed by atoms with E-state index in [-0.39, 0.29) is 22.9 Å². The summed E-state index contributed by atoms with van der Waals surface area (Å²) in [6, 6.07) is 8.60. The van der Waals surface area contributed by atoms with Crippen LogP contribution in [0, 0.1) is 5.82 Å². The molecule has 3 aromatic rings. The third-order valence-electron chi connectivity index (χ3n) is 4.25. The van der Waals surface area contributed by atoms with Crippen molar-refractivity contribution in [2.75, 3.05) is 20.8 Å². The molecule has 0 radical (unpaired) electrons. The molecule has 0 bridgehead atoms. The Morgan fingerprint density at radius 3 is 2.67 bits per heavy atom. The van der Waals surface area contributed by atoms with E-state index in [4.69, 9.17) is 25.8 Å². The third kappa shape index (κ3) is 3.53. The van der Waals surface area contributed by atoms with Gasteiger partial charge in [-0.2, -0.15) is 0 Å². The lowest BCUT2D eigenvalue weighted by molar-refractivity contribution is -0.128. The Morgan fingerprint density at radius 1 is 1.19 bits per heavy atom. The van der Waals surface area contributed by atoms with Crippen LogP contribution in [0.1, 0.15) is 5.56 Å². The fraction of sp³-hybridized carbons (Fsp3) is 0.200. The summed E-state index contributed by atoms with van der Waals surface area (Å²) < 4.78 is 30.2. The van der Waals surface area contributed by atoms with Gasteiger partial charge in [0.25, 0.3) is 6.47 Å². The van der Waals surface area contributed by atoms with Crippen LogP contribution in [-0.4, -0.2) is 32.3 Å². The molecule has 0 amide bonds. The second kappa shape index (κ2) is 8.22. The number of halogens is 2. The van der Waals surface area contributed by atoms with Gasteiger partial charge < -0.3 is 14.2 Å². The monoisotopic (exact) mass is 389 g/mol. The van der Waals surface area contributed by atoms with Crippen LogP contribution < -0.4 is 9.47 Å². The Labute approximate surface area is 160 Å². The summed E-state index contributed by atoms with van der Waals surface area (Å²) in [5.41, 5.74) is 2.31. The molecule has 0 fully saturated rings. The summed E-state index contributed by atoms with van der Waals surface area (Å²) in [5, 5.41) is 0.871. The number of benzene rings is 2. The normalized spacial score (nSPS) is 10.7. The second-order valence-corrected chi connectivity index (χ2v) is 6.05. The molecule has 2 aromatic carbocycles. The first-order valence-corrected chi connectivity index (χ1v) is 8.52. The van der Waals surface area contributed by atoms with Gasteiger partial charge in [-0.15, -0.1) is 0 Å². The zero-order valence-corrected chi connectivity index (χ0v) is 15.5. The van der Waals surface area contributed by atoms with Gasteiger partial charge in [-0.1, -0.05) is 29.8 Å². The number of carbonyl (C=O) groups excluding carboxylic acids is 1. The molecule has 7 heteroatoms. The molecule has 0 N–H and O–H groups in total. The Balaban J connectivity index is 2.24. The molecular formula is C20H17ClFNO4. The van der Waals surface area contributed by atoms with Gasteiger partial charge in [-0.25, -0.2) is 4.39 Å². The first-order valence-electron chi connectivity index (χ1n) is 8.14. The van der Waals surface area contributed by atoms with Gasteiger partial charge in [0, 0.05) is 29.6 Å². The summed E-state index contributed by atoms with van der Waals surface area (Å²) >= 11 is 6.42. The van der Waals surface area contributed by atoms with Crippen LogP contribution in [0.5, 0.6) is 11.5 Å². The van der Waals surface area contributed by atoms with E-state index in [1.165, 1.54) is 20.3 Å². The molecule has 0 atom stereocenters. The molecule has 27 heavy (non-hydrogen) atoms. The van der Waals surface area contributed by atoms with Crippen molar-refractivity contribution in [3.05, 3.63) is 52.9 Å². The van der Waals surface area contributed by atoms with E-state index < -0.39 is 5.82 Å². The van der Waals surface area contributed by atoms with Crippen molar-refractivity contribution in [2.45, 2.75) is 6.42 Å². The standard InChI is InChI=1S/C20H17ClFNO4/c1-25-15-10-16(26-2)19(22)17(18(15)21)13-6-5-12(7-9-27-11-24)20-14(13)4-3-8-23-20/h3-6,8,10-11H,7,9H2,1-2H3. The van der Waals surface area contributed by atoms with E-state index in [0.29, 0.717) is 29.7 Å². The number of rotatable bonds is 7. The number of methoxy groups -OCH3 is 2. The van der Waals surface area contributed by atoms with Crippen molar-refractivity contribution in [3.63, 3.8) is 0 Å². The zero-order valence-electron chi connectivity index (χ0n) is 14.8. The fourth-order valence-electron chi connectivity index (χ4n) is 2.99. The predicted molar refractivity (Wildman–Crippen MR) is 101 cm³/mol. The molecular weight excluding hydrogens is 373 g/mol. The summed E-state index contributed by atoms with van der Waals surface area (Å²) in [6.45, 7) is 0.637. The van der Waals surface area contributed by atoms with Crippen molar-refractivity contribution in [1.82, 2.24) is 4.98 Å². The predicted octanol–water partition coefficient (Wildman–Crippen LogP) is 4.43. The topological polar surface area (TPSA) is 57.7 Å². The third-order valence-corrected chi connectivity index (χ3v) is 4.63. The average molecular weight is 390 g/mol. The van der Waals surface area contributed by atoms with Crippen LogP contribution in [0.4, 0.5) is 4.39 Å². The van der Waals surface area contributed by atoms with Crippen molar-refractivity contribution < 1.29 is 23.4 Å². The maximum absolute atomic E-state index is 15.1. The molecule has 3 rings (SSSR count). The fourth-order valence-corrected chi connectivity index (χ4v) is 3.31. The number of nitrogens with zero attached hydrogens (tertiary/aromatic N) is 1. The lowest BCUT2D eigenvalue weighted by Crippen LogP contribution is -2.00. The SMILES string of the molecule is COc1cc(OC)c(Cl)c(-c2ccc(CCOC=O)c3ncccc23)c1F. The Bertz CT molecular complexity index is 965. The minimum absolute atomic E-state index is 0.0340. The maximum Gasteiger partial charge on any atom is 0.293 e. The Kier molecular flexibility index (Phi) is 5.76. The number of carbonyl (C=O) groups is 1. The van der Waals surface area contributed by atoms with Crippen LogP contribution in [0.3, 0.4) is 0 Å². The Hall–Kier alpha value is -2.86. The quantitative estimate of drug-likeness (QED) is 0.442. The van der Waals surface area contributed by atoms with Crippen molar-refractivity contribution in [3.8, 4) is 22.6 Å². The smallest absolute Gasteiger partial charge is 0.293 e. The molecule has 1 aromatic heterocycles. The highest BCUT2D eigenvalue weighted by atomic mass is 35.5. The molecule has 0 unspecified atom stereocenters. The van der Waals surface area contributed by atoms with Crippen molar-refractivity contribution in [2.24, 2.45) is 0 Å². The van der Waals surface area contributed by atoms with E-state index in [9.17, 15) is 4.79 Å². The van der Waals surface area contributed by atoms with Gasteiger partial charge in [-0.3, -0.25) is 9.78 Å². The average Bonchev–Trinajstić information content (AvgIpc) is 2.69. The van der Waals surface area contributed by atoms with Crippen LogP contribution in [0.15, 0.2) is 36.5 Å². The van der Waals surface area contributed by atoms with Gasteiger partial charge in [0.05, 0.1) is 31.4 Å². The zero-order chi connectivity index (χ0) is 19.4. The second-order valence-electron chi connectivity index (χ2n) is 5.67. The van der Waals surface area contributed by atoms with Crippen LogP contribution in [-0.2, 0) is 16.0 Å². The Morgan fingerprint density at radius 2 is 1.96 bits per heavy atom. The molecule has 0 spiro atoms. The number of fused-ring (bicyclic) bond motifs is 1. The molecule has 5 nitrogen and oxygen atoms in total. The number of hydrogen-bond donors (Lipinski definition) is 0. The van der Waals surface area contributed by atoms with Crippen LogP contribution >= 0.6 is 11.6 Å². The molecule has 140 valence electrons. The molecule has 0 saturated carbocycles. The molecule has 0 aliphatic carbocycles. The molecule has 0 aliphatic rings. The lowest BCUT2D eigenvalue weighted by atomic mass is 9.96. The summed E-state index contributed by atoms with van der Waals surface area (Å²) in [7, 11) is 2.84. The van der Waals surface area contributed by atoms with Gasteiger partial charge in [0.15, 0.2) is 11.6 Å². The number of aromatic nitrogens is 1. The maximum atomic E-state index is 15.1. The number of hydrogen-bond acceptors (Lipinski definition) is 5. The summed E-state index contributed by atoms with van der Waals surface area (Å²) in [5.74, 6) is -0.234. The first kappa shape index (κ1) is 18.9. The van der Waals surface area contributed by atoms with Gasteiger partial charge in [-0.05, 0) is 17.2 Å². The molecule has 1 heterocycles. The van der Waals surface area contributed by atoms with E-state index >= 15 is 4.39 Å². The van der Waals surface area contributed by atoms with Crippen molar-refractivity contribution in [1.29, 1.82) is 0 Å². The van der Waals surface area contributed by atoms with E-state index in [2.05, 4.69) is 4.98 Å². The number of pyridine rings is 1. The van der Waals surface area contributed by atoms with Crippen LogP contribution in [0.2, 0.25) is 5.02 Å². The van der Waals surface area contributed by atoms with E-state index in [0.717, 1.165) is 10.9 Å². The van der Waals surface area contributed by atoms with E-state index in [1.54, 1.807) is 18.3 Å².